The van der Waals surface area contributed by atoms with E-state index < -0.39 is 0 Å². The van der Waals surface area contributed by atoms with Gasteiger partial charge in [0.25, 0.3) is 0 Å². The summed E-state index contributed by atoms with van der Waals surface area (Å²) in [4.78, 5) is 4.23. The Kier molecular flexibility index (Phi) is 4.36. The Bertz CT molecular complexity index is 305. The predicted molar refractivity (Wildman–Crippen MR) is 63.2 cm³/mol. The highest BCUT2D eigenvalue weighted by Gasteiger charge is 2.16. The Morgan fingerprint density at radius 1 is 1.62 bits per heavy atom. The van der Waals surface area contributed by atoms with Crippen LogP contribution in [-0.4, -0.2) is 29.3 Å². The van der Waals surface area contributed by atoms with Crippen molar-refractivity contribution in [2.24, 2.45) is 5.92 Å². The molecular formula is C12H21N3O. The molecule has 1 atom stereocenters. The topological polar surface area (TPSA) is 39.1 Å². The molecule has 2 heterocycles. The van der Waals surface area contributed by atoms with Crippen LogP contribution in [0, 0.1) is 5.92 Å². The molecule has 1 aromatic heterocycles. The van der Waals surface area contributed by atoms with Crippen LogP contribution in [0.3, 0.4) is 0 Å². The Hall–Kier alpha value is -0.870. The molecule has 2 rings (SSSR count). The first-order valence-electron chi connectivity index (χ1n) is 6.17. The summed E-state index contributed by atoms with van der Waals surface area (Å²) in [5.74, 6) is 0.666. The van der Waals surface area contributed by atoms with Gasteiger partial charge in [-0.1, -0.05) is 6.92 Å². The predicted octanol–water partition coefficient (Wildman–Crippen LogP) is 1.42. The van der Waals surface area contributed by atoms with Gasteiger partial charge >= 0.3 is 0 Å². The van der Waals surface area contributed by atoms with Crippen molar-refractivity contribution in [1.29, 1.82) is 0 Å². The van der Waals surface area contributed by atoms with Gasteiger partial charge in [-0.15, -0.1) is 0 Å². The molecule has 0 aromatic carbocycles. The largest absolute Gasteiger partial charge is 0.381 e. The summed E-state index contributed by atoms with van der Waals surface area (Å²) in [6.45, 7) is 7.03. The maximum Gasteiger partial charge on any atom is 0.0948 e. The third kappa shape index (κ3) is 3.06. The highest BCUT2D eigenvalue weighted by molar-refractivity contribution is 4.98. The number of imidazole rings is 1. The minimum Gasteiger partial charge on any atom is -0.381 e. The van der Waals surface area contributed by atoms with E-state index in [1.807, 2.05) is 12.5 Å². The normalized spacial score (nSPS) is 20.4. The minimum absolute atomic E-state index is 0.666. The third-order valence-electron chi connectivity index (χ3n) is 3.01. The summed E-state index contributed by atoms with van der Waals surface area (Å²) in [6.07, 6.45) is 6.24. The van der Waals surface area contributed by atoms with E-state index in [4.69, 9.17) is 4.74 Å². The zero-order valence-corrected chi connectivity index (χ0v) is 9.98. The van der Waals surface area contributed by atoms with E-state index in [1.54, 1.807) is 0 Å². The number of hydrogen-bond donors (Lipinski definition) is 1. The summed E-state index contributed by atoms with van der Waals surface area (Å²) in [5, 5.41) is 3.41. The van der Waals surface area contributed by atoms with E-state index in [-0.39, 0.29) is 0 Å². The maximum atomic E-state index is 5.39. The lowest BCUT2D eigenvalue weighted by Crippen LogP contribution is -2.19. The summed E-state index contributed by atoms with van der Waals surface area (Å²) in [7, 11) is 0. The van der Waals surface area contributed by atoms with Crippen LogP contribution in [0.1, 0.15) is 25.5 Å². The highest BCUT2D eigenvalue weighted by Crippen LogP contribution is 2.15. The van der Waals surface area contributed by atoms with Crippen molar-refractivity contribution < 1.29 is 4.74 Å². The van der Waals surface area contributed by atoms with Gasteiger partial charge in [-0.25, -0.2) is 4.98 Å². The second kappa shape index (κ2) is 6.01. The molecule has 4 heteroatoms. The van der Waals surface area contributed by atoms with E-state index in [9.17, 15) is 0 Å². The van der Waals surface area contributed by atoms with Crippen molar-refractivity contribution in [3.8, 4) is 0 Å². The molecule has 1 N–H and O–H groups in total. The lowest BCUT2D eigenvalue weighted by atomic mass is 10.1. The highest BCUT2D eigenvalue weighted by atomic mass is 16.5. The van der Waals surface area contributed by atoms with Gasteiger partial charge in [-0.3, -0.25) is 0 Å². The van der Waals surface area contributed by atoms with Gasteiger partial charge < -0.3 is 14.6 Å². The van der Waals surface area contributed by atoms with Gasteiger partial charge in [-0.05, 0) is 19.4 Å². The standard InChI is InChI=1S/C12H21N3O/c1-2-4-13-6-12-7-14-10-15(12)8-11-3-5-16-9-11/h7,10-11,13H,2-6,8-9H2,1H3. The summed E-state index contributed by atoms with van der Waals surface area (Å²) >= 11 is 0. The molecule has 90 valence electrons. The fourth-order valence-electron chi connectivity index (χ4n) is 2.06. The van der Waals surface area contributed by atoms with Crippen molar-refractivity contribution in [3.05, 3.63) is 18.2 Å². The van der Waals surface area contributed by atoms with Gasteiger partial charge in [0.05, 0.1) is 18.6 Å². The molecule has 0 aliphatic carbocycles. The Labute approximate surface area is 97.0 Å². The first kappa shape index (κ1) is 11.6. The molecule has 1 aromatic rings. The number of nitrogens with one attached hydrogen (secondary N) is 1. The van der Waals surface area contributed by atoms with Crippen LogP contribution < -0.4 is 5.32 Å². The van der Waals surface area contributed by atoms with E-state index in [0.29, 0.717) is 5.92 Å². The molecule has 0 spiro atoms. The molecule has 1 unspecified atom stereocenters. The molecule has 1 fully saturated rings. The molecule has 4 nitrogen and oxygen atoms in total. The first-order chi connectivity index (χ1) is 7.90. The Balaban J connectivity index is 1.85. The molecule has 0 saturated carbocycles. The van der Waals surface area contributed by atoms with Gasteiger partial charge in [0.2, 0.25) is 0 Å². The zero-order valence-electron chi connectivity index (χ0n) is 9.98. The SMILES string of the molecule is CCCNCc1cncn1CC1CCOC1. The molecule has 1 aliphatic heterocycles. The smallest absolute Gasteiger partial charge is 0.0948 e. The van der Waals surface area contributed by atoms with Crippen LogP contribution in [0.25, 0.3) is 0 Å². The molecular weight excluding hydrogens is 202 g/mol. The second-order valence-corrected chi connectivity index (χ2v) is 4.44. The van der Waals surface area contributed by atoms with Crippen LogP contribution in [0.5, 0.6) is 0 Å². The Morgan fingerprint density at radius 2 is 2.56 bits per heavy atom. The van der Waals surface area contributed by atoms with Crippen molar-refractivity contribution in [1.82, 2.24) is 14.9 Å². The summed E-state index contributed by atoms with van der Waals surface area (Å²) in [5.41, 5.74) is 1.28. The molecule has 16 heavy (non-hydrogen) atoms. The number of nitrogens with zero attached hydrogens (tertiary/aromatic N) is 2. The monoisotopic (exact) mass is 223 g/mol. The molecule has 1 aliphatic rings. The zero-order chi connectivity index (χ0) is 11.2. The van der Waals surface area contributed by atoms with Crippen LogP contribution in [0.2, 0.25) is 0 Å². The molecule has 0 radical (unpaired) electrons. The average molecular weight is 223 g/mol. The number of rotatable bonds is 6. The number of hydrogen-bond acceptors (Lipinski definition) is 3. The lowest BCUT2D eigenvalue weighted by molar-refractivity contribution is 0.182. The van der Waals surface area contributed by atoms with Gasteiger partial charge in [0.15, 0.2) is 0 Å². The van der Waals surface area contributed by atoms with E-state index >= 15 is 0 Å². The fourth-order valence-corrected chi connectivity index (χ4v) is 2.06. The van der Waals surface area contributed by atoms with Gasteiger partial charge in [-0.2, -0.15) is 0 Å². The van der Waals surface area contributed by atoms with Crippen LogP contribution in [0.15, 0.2) is 12.5 Å². The van der Waals surface area contributed by atoms with E-state index in [1.165, 1.54) is 18.5 Å². The van der Waals surface area contributed by atoms with Crippen LogP contribution in [0.4, 0.5) is 0 Å². The average Bonchev–Trinajstić information content (AvgIpc) is 2.92. The summed E-state index contributed by atoms with van der Waals surface area (Å²) < 4.78 is 7.65. The number of ether oxygens (including phenoxy) is 1. The fraction of sp³-hybridized carbons (Fsp3) is 0.750. The van der Waals surface area contributed by atoms with Gasteiger partial charge in [0.1, 0.15) is 0 Å². The van der Waals surface area contributed by atoms with Crippen molar-refractivity contribution in [2.45, 2.75) is 32.9 Å². The van der Waals surface area contributed by atoms with Crippen molar-refractivity contribution >= 4 is 0 Å². The van der Waals surface area contributed by atoms with Crippen LogP contribution >= 0.6 is 0 Å². The quantitative estimate of drug-likeness (QED) is 0.741. The third-order valence-corrected chi connectivity index (χ3v) is 3.01. The van der Waals surface area contributed by atoms with Crippen molar-refractivity contribution in [2.75, 3.05) is 19.8 Å². The van der Waals surface area contributed by atoms with E-state index in [0.717, 1.165) is 32.8 Å². The molecule has 1 saturated heterocycles. The van der Waals surface area contributed by atoms with Gasteiger partial charge in [0, 0.05) is 31.8 Å². The van der Waals surface area contributed by atoms with Crippen LogP contribution in [-0.2, 0) is 17.8 Å². The molecule has 0 bridgehead atoms. The van der Waals surface area contributed by atoms with Crippen molar-refractivity contribution in [3.63, 3.8) is 0 Å². The maximum absolute atomic E-state index is 5.39. The number of aromatic nitrogens is 2. The first-order valence-corrected chi connectivity index (χ1v) is 6.17. The molecule has 0 amide bonds. The lowest BCUT2D eigenvalue weighted by Gasteiger charge is -2.12. The summed E-state index contributed by atoms with van der Waals surface area (Å²) in [6, 6.07) is 0. The Morgan fingerprint density at radius 3 is 3.31 bits per heavy atom. The van der Waals surface area contributed by atoms with E-state index in [2.05, 4.69) is 21.8 Å². The second-order valence-electron chi connectivity index (χ2n) is 4.44. The minimum atomic E-state index is 0.666.